The molecule has 198 valence electrons. The monoisotopic (exact) mass is 532 g/mol. The summed E-state index contributed by atoms with van der Waals surface area (Å²) in [4.78, 5) is 25.8. The highest BCUT2D eigenvalue weighted by Crippen LogP contribution is 2.24. The van der Waals surface area contributed by atoms with E-state index in [9.17, 15) is 18.0 Å². The average Bonchev–Trinajstić information content (AvgIpc) is 2.92. The number of sulfonamides is 1. The summed E-state index contributed by atoms with van der Waals surface area (Å²) in [7, 11) is -4.07. The van der Waals surface area contributed by atoms with E-state index in [1.54, 1.807) is 18.2 Å². The van der Waals surface area contributed by atoms with Gasteiger partial charge in [0.2, 0.25) is 21.8 Å². The minimum Gasteiger partial charge on any atom is -0.368 e. The molecule has 4 rings (SSSR count). The molecule has 0 aliphatic carbocycles. The minimum atomic E-state index is -4.07. The van der Waals surface area contributed by atoms with E-state index in [1.807, 2.05) is 60.7 Å². The number of primary amides is 1. The first-order valence-corrected chi connectivity index (χ1v) is 14.0. The van der Waals surface area contributed by atoms with Crippen molar-refractivity contribution in [2.24, 2.45) is 11.5 Å². The number of nitrogens with two attached hydrogens (primary N) is 2. The second-order valence-electron chi connectivity index (χ2n) is 9.24. The maximum Gasteiger partial charge on any atom is 0.241 e. The van der Waals surface area contributed by atoms with Crippen molar-refractivity contribution in [3.63, 3.8) is 0 Å². The number of carbonyl (C=O) groups is 2. The lowest BCUT2D eigenvalue weighted by Crippen LogP contribution is -2.53. The van der Waals surface area contributed by atoms with E-state index in [-0.39, 0.29) is 17.7 Å². The van der Waals surface area contributed by atoms with Gasteiger partial charge < -0.3 is 16.8 Å². The molecule has 2 amide bonds. The lowest BCUT2D eigenvalue weighted by molar-refractivity contribution is -0.128. The predicted molar refractivity (Wildman–Crippen MR) is 150 cm³/mol. The molecule has 0 aliphatic rings. The Labute approximate surface area is 222 Å². The number of rotatable bonds is 12. The Morgan fingerprint density at radius 3 is 2.05 bits per heavy atom. The normalized spacial score (nSPS) is 13.3. The van der Waals surface area contributed by atoms with Crippen LogP contribution in [0.25, 0.3) is 21.5 Å². The molecule has 8 nitrogen and oxygen atoms in total. The standard InChI is InChI=1S/C29H32N4O4S/c30-18-6-5-16-25(33-38(36,37)27-17-8-12-21-10-2-4-15-24(21)27)29(35)32-26(28(31)34)19-22-13-7-11-20-9-1-3-14-23(20)22/h1-4,7-15,17,25-26,33H,5-6,16,18-19,30H2,(H2,31,34)(H,32,35)/t25?,26-/m0/s1. The van der Waals surface area contributed by atoms with Crippen molar-refractivity contribution in [2.75, 3.05) is 6.54 Å². The van der Waals surface area contributed by atoms with Crippen molar-refractivity contribution in [1.82, 2.24) is 10.0 Å². The molecule has 1 unspecified atom stereocenters. The van der Waals surface area contributed by atoms with Gasteiger partial charge in [0.05, 0.1) is 4.90 Å². The van der Waals surface area contributed by atoms with Gasteiger partial charge in [-0.15, -0.1) is 0 Å². The second kappa shape index (κ2) is 12.2. The maximum atomic E-state index is 13.4. The maximum absolute atomic E-state index is 13.4. The van der Waals surface area contributed by atoms with E-state index >= 15 is 0 Å². The number of benzene rings is 4. The summed E-state index contributed by atoms with van der Waals surface area (Å²) in [6.45, 7) is 0.412. The number of carbonyl (C=O) groups excluding carboxylic acids is 2. The highest BCUT2D eigenvalue weighted by molar-refractivity contribution is 7.89. The van der Waals surface area contributed by atoms with Crippen molar-refractivity contribution < 1.29 is 18.0 Å². The van der Waals surface area contributed by atoms with Crippen LogP contribution in [0.4, 0.5) is 0 Å². The summed E-state index contributed by atoms with van der Waals surface area (Å²) in [6.07, 6.45) is 1.53. The zero-order valence-corrected chi connectivity index (χ0v) is 21.8. The van der Waals surface area contributed by atoms with Gasteiger partial charge in [-0.2, -0.15) is 4.72 Å². The largest absolute Gasteiger partial charge is 0.368 e. The first-order valence-electron chi connectivity index (χ1n) is 12.6. The lowest BCUT2D eigenvalue weighted by atomic mass is 9.98. The third-order valence-corrected chi connectivity index (χ3v) is 8.09. The van der Waals surface area contributed by atoms with E-state index < -0.39 is 33.9 Å². The quantitative estimate of drug-likeness (QED) is 0.207. The van der Waals surface area contributed by atoms with Gasteiger partial charge in [0.15, 0.2) is 0 Å². The molecular weight excluding hydrogens is 500 g/mol. The Kier molecular flexibility index (Phi) is 8.73. The highest BCUT2D eigenvalue weighted by atomic mass is 32.2. The fourth-order valence-corrected chi connectivity index (χ4v) is 6.06. The molecule has 4 aromatic carbocycles. The summed E-state index contributed by atoms with van der Waals surface area (Å²) in [5, 5.41) is 5.97. The van der Waals surface area contributed by atoms with E-state index in [4.69, 9.17) is 11.5 Å². The van der Waals surface area contributed by atoms with Gasteiger partial charge in [-0.05, 0) is 47.2 Å². The Balaban J connectivity index is 1.58. The van der Waals surface area contributed by atoms with Crippen LogP contribution in [0.5, 0.6) is 0 Å². The van der Waals surface area contributed by atoms with E-state index in [1.165, 1.54) is 6.07 Å². The molecule has 38 heavy (non-hydrogen) atoms. The van der Waals surface area contributed by atoms with Gasteiger partial charge >= 0.3 is 0 Å². The van der Waals surface area contributed by atoms with Crippen molar-refractivity contribution in [3.05, 3.63) is 90.5 Å². The fraction of sp³-hybridized carbons (Fsp3) is 0.241. The van der Waals surface area contributed by atoms with E-state index in [0.29, 0.717) is 24.8 Å². The van der Waals surface area contributed by atoms with Crippen LogP contribution in [0, 0.1) is 0 Å². The van der Waals surface area contributed by atoms with Gasteiger partial charge in [0, 0.05) is 11.8 Å². The molecule has 6 N–H and O–H groups in total. The molecule has 2 atom stereocenters. The molecule has 0 radical (unpaired) electrons. The number of amides is 2. The van der Waals surface area contributed by atoms with Crippen LogP contribution in [0.15, 0.2) is 89.8 Å². The Bertz CT molecular complexity index is 1540. The molecule has 4 aromatic rings. The van der Waals surface area contributed by atoms with Crippen LogP contribution in [0.1, 0.15) is 24.8 Å². The van der Waals surface area contributed by atoms with Crippen LogP contribution in [-0.2, 0) is 26.0 Å². The van der Waals surface area contributed by atoms with Crippen molar-refractivity contribution in [1.29, 1.82) is 0 Å². The number of nitrogens with one attached hydrogen (secondary N) is 2. The summed E-state index contributed by atoms with van der Waals surface area (Å²) < 4.78 is 29.5. The zero-order valence-electron chi connectivity index (χ0n) is 21.0. The van der Waals surface area contributed by atoms with Gasteiger partial charge in [-0.3, -0.25) is 9.59 Å². The predicted octanol–water partition coefficient (Wildman–Crippen LogP) is 2.98. The van der Waals surface area contributed by atoms with Crippen LogP contribution >= 0.6 is 0 Å². The third kappa shape index (κ3) is 6.36. The van der Waals surface area contributed by atoms with E-state index in [2.05, 4.69) is 10.0 Å². The van der Waals surface area contributed by atoms with Crippen LogP contribution in [0.3, 0.4) is 0 Å². The Morgan fingerprint density at radius 1 is 0.763 bits per heavy atom. The molecule has 9 heteroatoms. The van der Waals surface area contributed by atoms with Crippen LogP contribution < -0.4 is 21.5 Å². The molecule has 0 fully saturated rings. The fourth-order valence-electron chi connectivity index (χ4n) is 4.60. The summed E-state index contributed by atoms with van der Waals surface area (Å²) in [5.41, 5.74) is 12.1. The molecule has 0 saturated heterocycles. The summed E-state index contributed by atoms with van der Waals surface area (Å²) in [6, 6.07) is 23.5. The highest BCUT2D eigenvalue weighted by Gasteiger charge is 2.29. The van der Waals surface area contributed by atoms with Gasteiger partial charge in [-0.1, -0.05) is 85.3 Å². The van der Waals surface area contributed by atoms with Crippen molar-refractivity contribution in [3.8, 4) is 0 Å². The number of hydrogen-bond donors (Lipinski definition) is 4. The topological polar surface area (TPSA) is 144 Å². The Morgan fingerprint density at radius 2 is 1.37 bits per heavy atom. The number of unbranched alkanes of at least 4 members (excludes halogenated alkanes) is 1. The number of fused-ring (bicyclic) bond motifs is 2. The smallest absolute Gasteiger partial charge is 0.241 e. The molecule has 0 bridgehead atoms. The average molecular weight is 533 g/mol. The first kappa shape index (κ1) is 27.3. The first-order chi connectivity index (χ1) is 18.3. The summed E-state index contributed by atoms with van der Waals surface area (Å²) in [5.74, 6) is -1.32. The molecule has 0 heterocycles. The molecule has 0 spiro atoms. The third-order valence-electron chi connectivity index (χ3n) is 6.56. The van der Waals surface area contributed by atoms with Crippen molar-refractivity contribution in [2.45, 2.75) is 42.7 Å². The SMILES string of the molecule is NCCCCC(NS(=O)(=O)c1cccc2ccccc12)C(=O)N[C@@H](Cc1cccc2ccccc12)C(N)=O. The lowest BCUT2D eigenvalue weighted by Gasteiger charge is -2.23. The van der Waals surface area contributed by atoms with Crippen LogP contribution in [0.2, 0.25) is 0 Å². The van der Waals surface area contributed by atoms with Crippen molar-refractivity contribution >= 4 is 43.4 Å². The van der Waals surface area contributed by atoms with Gasteiger partial charge in [-0.25, -0.2) is 8.42 Å². The number of hydrogen-bond acceptors (Lipinski definition) is 5. The minimum absolute atomic E-state index is 0.0782. The molecule has 0 saturated carbocycles. The zero-order chi connectivity index (χ0) is 27.1. The Hall–Kier alpha value is -3.79. The van der Waals surface area contributed by atoms with Gasteiger partial charge in [0.1, 0.15) is 12.1 Å². The second-order valence-corrected chi connectivity index (χ2v) is 10.9. The molecule has 0 aliphatic heterocycles. The molecule has 0 aromatic heterocycles. The summed E-state index contributed by atoms with van der Waals surface area (Å²) >= 11 is 0. The van der Waals surface area contributed by atoms with E-state index in [0.717, 1.165) is 21.7 Å². The van der Waals surface area contributed by atoms with Gasteiger partial charge in [0.25, 0.3) is 0 Å². The van der Waals surface area contributed by atoms with Crippen LogP contribution in [-0.4, -0.2) is 38.9 Å². The molecular formula is C29H32N4O4S.